The zero-order chi connectivity index (χ0) is 18.8. The highest BCUT2D eigenvalue weighted by Gasteiger charge is 2.38. The van der Waals surface area contributed by atoms with Crippen molar-refractivity contribution in [2.24, 2.45) is 0 Å². The molecule has 1 aromatic carbocycles. The fourth-order valence-corrected chi connectivity index (χ4v) is 3.62. The SMILES string of the molecule is Cc1nc2cccc(-c3cc4c([nH]3)[C@@H](CO)NC4=O)c2nc1NC1(C)CC1. The number of para-hydroxylation sites is 1. The largest absolute Gasteiger partial charge is 0.394 e. The summed E-state index contributed by atoms with van der Waals surface area (Å²) in [5, 5.41) is 15.8. The van der Waals surface area contributed by atoms with Crippen LogP contribution in [0.15, 0.2) is 24.3 Å². The van der Waals surface area contributed by atoms with Crippen LogP contribution in [0.25, 0.3) is 22.3 Å². The molecule has 5 rings (SSSR count). The molecular formula is C20H21N5O2. The second-order valence-electron chi connectivity index (χ2n) is 7.74. The van der Waals surface area contributed by atoms with Crippen LogP contribution in [0.4, 0.5) is 5.82 Å². The van der Waals surface area contributed by atoms with Gasteiger partial charge in [0.2, 0.25) is 0 Å². The van der Waals surface area contributed by atoms with Crippen LogP contribution in [0.3, 0.4) is 0 Å². The number of aromatic amines is 1. The molecule has 2 aromatic heterocycles. The van der Waals surface area contributed by atoms with Crippen molar-refractivity contribution in [2.75, 3.05) is 11.9 Å². The summed E-state index contributed by atoms with van der Waals surface area (Å²) in [7, 11) is 0. The van der Waals surface area contributed by atoms with Gasteiger partial charge in [-0.05, 0) is 38.8 Å². The Morgan fingerprint density at radius 3 is 2.85 bits per heavy atom. The van der Waals surface area contributed by atoms with E-state index in [1.54, 1.807) is 0 Å². The van der Waals surface area contributed by atoms with Crippen LogP contribution in [-0.2, 0) is 0 Å². The van der Waals surface area contributed by atoms with Gasteiger partial charge in [0.25, 0.3) is 5.91 Å². The number of H-pyrrole nitrogens is 1. The number of fused-ring (bicyclic) bond motifs is 2. The van der Waals surface area contributed by atoms with E-state index < -0.39 is 6.04 Å². The first-order chi connectivity index (χ1) is 13.0. The van der Waals surface area contributed by atoms with Gasteiger partial charge in [-0.3, -0.25) is 4.79 Å². The third-order valence-electron chi connectivity index (χ3n) is 5.51. The van der Waals surface area contributed by atoms with Gasteiger partial charge in [0.1, 0.15) is 11.3 Å². The number of aliphatic hydroxyl groups is 1. The molecule has 1 saturated carbocycles. The van der Waals surface area contributed by atoms with Gasteiger partial charge in [0.15, 0.2) is 0 Å². The van der Waals surface area contributed by atoms with Crippen LogP contribution < -0.4 is 10.6 Å². The minimum Gasteiger partial charge on any atom is -0.394 e. The highest BCUT2D eigenvalue weighted by atomic mass is 16.3. The Balaban J connectivity index is 1.64. The number of nitrogens with zero attached hydrogens (tertiary/aromatic N) is 2. The van der Waals surface area contributed by atoms with E-state index in [0.717, 1.165) is 52.3 Å². The molecule has 27 heavy (non-hydrogen) atoms. The Morgan fingerprint density at radius 2 is 2.11 bits per heavy atom. The minimum absolute atomic E-state index is 0.113. The summed E-state index contributed by atoms with van der Waals surface area (Å²) < 4.78 is 0. The number of carbonyl (C=O) groups excluding carboxylic acids is 1. The summed E-state index contributed by atoms with van der Waals surface area (Å²) >= 11 is 0. The van der Waals surface area contributed by atoms with Gasteiger partial charge in [0, 0.05) is 16.8 Å². The lowest BCUT2D eigenvalue weighted by Crippen LogP contribution is -2.22. The zero-order valence-corrected chi connectivity index (χ0v) is 15.3. The predicted molar refractivity (Wildman–Crippen MR) is 103 cm³/mol. The van der Waals surface area contributed by atoms with Crippen molar-refractivity contribution in [3.05, 3.63) is 41.2 Å². The number of amides is 1. The normalized spacial score (nSPS) is 19.8. The molecule has 2 aliphatic rings. The molecule has 7 heteroatoms. The summed E-state index contributed by atoms with van der Waals surface area (Å²) in [6.07, 6.45) is 2.27. The van der Waals surface area contributed by atoms with Gasteiger partial charge in [-0.1, -0.05) is 12.1 Å². The third-order valence-corrected chi connectivity index (χ3v) is 5.51. The van der Waals surface area contributed by atoms with E-state index in [2.05, 4.69) is 22.5 Å². The Labute approximate surface area is 156 Å². The molecule has 3 aromatic rings. The number of hydrogen-bond donors (Lipinski definition) is 4. The van der Waals surface area contributed by atoms with E-state index in [4.69, 9.17) is 9.97 Å². The van der Waals surface area contributed by atoms with Crippen LogP contribution in [-0.4, -0.2) is 38.1 Å². The average Bonchev–Trinajstić information content (AvgIpc) is 3.10. The molecule has 0 bridgehead atoms. The number of rotatable bonds is 4. The van der Waals surface area contributed by atoms with Crippen molar-refractivity contribution >= 4 is 22.8 Å². The minimum atomic E-state index is -0.392. The van der Waals surface area contributed by atoms with Gasteiger partial charge in [-0.2, -0.15) is 0 Å². The molecule has 138 valence electrons. The average molecular weight is 363 g/mol. The van der Waals surface area contributed by atoms with E-state index in [9.17, 15) is 9.90 Å². The molecule has 3 heterocycles. The summed E-state index contributed by atoms with van der Waals surface area (Å²) in [6, 6.07) is 7.29. The van der Waals surface area contributed by atoms with Crippen molar-refractivity contribution in [3.8, 4) is 11.3 Å². The first-order valence-electron chi connectivity index (χ1n) is 9.18. The lowest BCUT2D eigenvalue weighted by atomic mass is 10.1. The fourth-order valence-electron chi connectivity index (χ4n) is 3.62. The molecule has 1 amide bonds. The van der Waals surface area contributed by atoms with Gasteiger partial charge in [-0.25, -0.2) is 9.97 Å². The van der Waals surface area contributed by atoms with Crippen LogP contribution in [0.2, 0.25) is 0 Å². The monoisotopic (exact) mass is 363 g/mol. The number of aliphatic hydroxyl groups excluding tert-OH is 1. The number of anilines is 1. The second-order valence-corrected chi connectivity index (χ2v) is 7.74. The molecule has 1 atom stereocenters. The van der Waals surface area contributed by atoms with E-state index in [-0.39, 0.29) is 18.1 Å². The molecule has 1 fully saturated rings. The van der Waals surface area contributed by atoms with Crippen molar-refractivity contribution in [2.45, 2.75) is 38.3 Å². The maximum Gasteiger partial charge on any atom is 0.253 e. The Bertz CT molecular complexity index is 1080. The number of hydrogen-bond acceptors (Lipinski definition) is 5. The lowest BCUT2D eigenvalue weighted by Gasteiger charge is -2.15. The molecule has 0 spiro atoms. The van der Waals surface area contributed by atoms with E-state index in [1.807, 2.05) is 31.2 Å². The quantitative estimate of drug-likeness (QED) is 0.571. The maximum atomic E-state index is 12.1. The van der Waals surface area contributed by atoms with Crippen molar-refractivity contribution in [1.82, 2.24) is 20.3 Å². The van der Waals surface area contributed by atoms with Crippen LogP contribution >= 0.6 is 0 Å². The second kappa shape index (κ2) is 5.53. The molecule has 1 aliphatic heterocycles. The number of nitrogens with one attached hydrogen (secondary N) is 3. The smallest absolute Gasteiger partial charge is 0.253 e. The van der Waals surface area contributed by atoms with Crippen LogP contribution in [0.5, 0.6) is 0 Å². The molecular weight excluding hydrogens is 342 g/mol. The standard InChI is InChI=1S/C20H21N5O2/c1-10-18(25-20(2)6-7-20)24-16-11(4-3-5-13(16)21-10)14-8-12-17(22-14)15(9-26)23-19(12)27/h3-5,8,15,22,26H,6-7,9H2,1-2H3,(H,23,27)(H,24,25)/t15-/m1/s1. The third kappa shape index (κ3) is 2.57. The highest BCUT2D eigenvalue weighted by Crippen LogP contribution is 2.39. The molecule has 0 saturated heterocycles. The van der Waals surface area contributed by atoms with Crippen molar-refractivity contribution < 1.29 is 9.90 Å². The molecule has 0 radical (unpaired) electrons. The zero-order valence-electron chi connectivity index (χ0n) is 15.3. The predicted octanol–water partition coefficient (Wildman–Crippen LogP) is 2.67. The first kappa shape index (κ1) is 16.3. The Morgan fingerprint density at radius 1 is 1.30 bits per heavy atom. The van der Waals surface area contributed by atoms with Gasteiger partial charge in [-0.15, -0.1) is 0 Å². The highest BCUT2D eigenvalue weighted by molar-refractivity contribution is 6.01. The van der Waals surface area contributed by atoms with Crippen LogP contribution in [0, 0.1) is 6.92 Å². The van der Waals surface area contributed by atoms with Gasteiger partial charge < -0.3 is 20.7 Å². The van der Waals surface area contributed by atoms with Gasteiger partial charge >= 0.3 is 0 Å². The van der Waals surface area contributed by atoms with Gasteiger partial charge in [0.05, 0.1) is 35.1 Å². The first-order valence-corrected chi connectivity index (χ1v) is 9.18. The number of aryl methyl sites for hydroxylation is 1. The van der Waals surface area contributed by atoms with Crippen molar-refractivity contribution in [3.63, 3.8) is 0 Å². The van der Waals surface area contributed by atoms with E-state index >= 15 is 0 Å². The molecule has 4 N–H and O–H groups in total. The Kier molecular flexibility index (Phi) is 3.33. The Hall–Kier alpha value is -2.93. The topological polar surface area (TPSA) is 103 Å². The number of aromatic nitrogens is 3. The number of benzene rings is 1. The lowest BCUT2D eigenvalue weighted by molar-refractivity contribution is 0.0942. The molecule has 1 aliphatic carbocycles. The summed E-state index contributed by atoms with van der Waals surface area (Å²) in [5.74, 6) is 0.637. The summed E-state index contributed by atoms with van der Waals surface area (Å²) in [4.78, 5) is 25.0. The van der Waals surface area contributed by atoms with E-state index in [0.29, 0.717) is 5.56 Å². The number of carbonyl (C=O) groups is 1. The fraction of sp³-hybridized carbons (Fsp3) is 0.350. The van der Waals surface area contributed by atoms with Crippen LogP contribution in [0.1, 0.15) is 47.6 Å². The summed E-state index contributed by atoms with van der Waals surface area (Å²) in [5.41, 5.74) is 5.58. The van der Waals surface area contributed by atoms with Crippen molar-refractivity contribution in [1.29, 1.82) is 0 Å². The molecule has 7 nitrogen and oxygen atoms in total. The summed E-state index contributed by atoms with van der Waals surface area (Å²) in [6.45, 7) is 4.01. The van der Waals surface area contributed by atoms with E-state index in [1.165, 1.54) is 0 Å². The molecule has 0 unspecified atom stereocenters. The maximum absolute atomic E-state index is 12.1.